The summed E-state index contributed by atoms with van der Waals surface area (Å²) in [5.41, 5.74) is 1.00. The molecule has 1 fully saturated rings. The number of hydrazine groups is 2. The van der Waals surface area contributed by atoms with Crippen LogP contribution < -0.4 is 5.01 Å². The average Bonchev–Trinajstić information content (AvgIpc) is 3.20. The number of carbonyl (C=O) groups excluding carboxylic acids is 2. The van der Waals surface area contributed by atoms with Gasteiger partial charge in [-0.25, -0.2) is 19.6 Å². The van der Waals surface area contributed by atoms with Gasteiger partial charge in [0.25, 0.3) is 0 Å². The highest BCUT2D eigenvalue weighted by Gasteiger charge is 2.64. The molecule has 3 aliphatic heterocycles. The number of hydrogen-bond acceptors (Lipinski definition) is 6. The van der Waals surface area contributed by atoms with Crippen molar-refractivity contribution in [1.82, 2.24) is 10.0 Å². The van der Waals surface area contributed by atoms with Gasteiger partial charge in [0.05, 0.1) is 20.8 Å². The maximum atomic E-state index is 12.2. The zero-order valence-electron chi connectivity index (χ0n) is 13.4. The number of hydrogen-bond donors (Lipinski definition) is 0. The highest BCUT2D eigenvalue weighted by atomic mass is 16.6. The van der Waals surface area contributed by atoms with E-state index in [9.17, 15) is 9.59 Å². The Morgan fingerprint density at radius 2 is 1.83 bits per heavy atom. The molecule has 3 heterocycles. The molecule has 2 bridgehead atoms. The second kappa shape index (κ2) is 5.36. The Labute approximate surface area is 138 Å². The Hall–Kier alpha value is -2.84. The SMILES string of the molecule is COC(=O)N1CC2C3N=[N+](CC3N1C(=O)OC)N2c1ccccc1. The number of azo groups is 1. The number of benzene rings is 1. The van der Waals surface area contributed by atoms with Gasteiger partial charge in [-0.3, -0.25) is 0 Å². The van der Waals surface area contributed by atoms with Crippen LogP contribution in [0.5, 0.6) is 0 Å². The van der Waals surface area contributed by atoms with Crippen LogP contribution in [0.1, 0.15) is 0 Å². The predicted molar refractivity (Wildman–Crippen MR) is 81.2 cm³/mol. The standard InChI is InChI=1S/C15H18N5O4/c1-23-14(21)17-8-11-13-12(20(17)15(22)24-2)9-18(16-13)19(11)10-6-4-3-5-7-10/h3-7,11-13H,8-9H2,1-2H3/q+1. The summed E-state index contributed by atoms with van der Waals surface area (Å²) >= 11 is 0. The molecule has 1 aromatic rings. The lowest BCUT2D eigenvalue weighted by atomic mass is 9.96. The number of ether oxygens (including phenoxy) is 2. The lowest BCUT2D eigenvalue weighted by molar-refractivity contribution is -0.594. The van der Waals surface area contributed by atoms with Crippen LogP contribution in [0.15, 0.2) is 35.4 Å². The van der Waals surface area contributed by atoms with Crippen molar-refractivity contribution in [3.05, 3.63) is 30.3 Å². The molecular weight excluding hydrogens is 314 g/mol. The van der Waals surface area contributed by atoms with Crippen LogP contribution >= 0.6 is 0 Å². The van der Waals surface area contributed by atoms with Gasteiger partial charge in [-0.05, 0) is 22.1 Å². The first-order valence-electron chi connectivity index (χ1n) is 7.70. The molecule has 3 aliphatic rings. The topological polar surface area (TPSA) is 77.7 Å². The fourth-order valence-electron chi connectivity index (χ4n) is 3.70. The van der Waals surface area contributed by atoms with E-state index in [4.69, 9.17) is 9.47 Å². The van der Waals surface area contributed by atoms with Crippen LogP contribution in [0.4, 0.5) is 15.3 Å². The van der Waals surface area contributed by atoms with E-state index >= 15 is 0 Å². The van der Waals surface area contributed by atoms with Gasteiger partial charge in [-0.1, -0.05) is 18.2 Å². The van der Waals surface area contributed by atoms with Crippen LogP contribution in [0.2, 0.25) is 0 Å². The first-order valence-corrected chi connectivity index (χ1v) is 7.70. The molecule has 3 unspecified atom stereocenters. The van der Waals surface area contributed by atoms with E-state index in [0.717, 1.165) is 5.69 Å². The zero-order valence-corrected chi connectivity index (χ0v) is 13.4. The number of methoxy groups -OCH3 is 2. The summed E-state index contributed by atoms with van der Waals surface area (Å²) in [5.74, 6) is 0. The summed E-state index contributed by atoms with van der Waals surface area (Å²) in [5, 5.41) is 9.38. The summed E-state index contributed by atoms with van der Waals surface area (Å²) in [6.45, 7) is 0.788. The van der Waals surface area contributed by atoms with Gasteiger partial charge >= 0.3 is 12.2 Å². The molecule has 0 N–H and O–H groups in total. The summed E-state index contributed by atoms with van der Waals surface area (Å²) in [4.78, 5) is 26.3. The first kappa shape index (κ1) is 14.7. The molecule has 3 atom stereocenters. The van der Waals surface area contributed by atoms with Gasteiger partial charge < -0.3 is 9.47 Å². The number of para-hydroxylation sites is 1. The van der Waals surface area contributed by atoms with Crippen molar-refractivity contribution in [2.75, 3.05) is 32.3 Å². The number of amides is 2. The molecule has 4 rings (SSSR count). The molecule has 126 valence electrons. The van der Waals surface area contributed by atoms with E-state index in [-0.39, 0.29) is 24.7 Å². The van der Waals surface area contributed by atoms with E-state index in [2.05, 4.69) is 10.1 Å². The third kappa shape index (κ3) is 1.93. The molecule has 0 saturated carbocycles. The fraction of sp³-hybridized carbons (Fsp3) is 0.467. The third-order valence-electron chi connectivity index (χ3n) is 4.67. The molecule has 24 heavy (non-hydrogen) atoms. The van der Waals surface area contributed by atoms with E-state index < -0.39 is 12.2 Å². The number of anilines is 1. The summed E-state index contributed by atoms with van der Waals surface area (Å²) in [6.07, 6.45) is -1.17. The van der Waals surface area contributed by atoms with Crippen molar-refractivity contribution < 1.29 is 23.9 Å². The molecule has 0 spiro atoms. The van der Waals surface area contributed by atoms with Crippen LogP contribution in [-0.2, 0) is 9.47 Å². The summed E-state index contributed by atoms with van der Waals surface area (Å²) in [7, 11) is 2.59. The van der Waals surface area contributed by atoms with Gasteiger partial charge in [-0.2, -0.15) is 0 Å². The van der Waals surface area contributed by atoms with Crippen molar-refractivity contribution in [2.45, 2.75) is 18.1 Å². The van der Waals surface area contributed by atoms with E-state index in [1.54, 1.807) is 0 Å². The Morgan fingerprint density at radius 1 is 1.12 bits per heavy atom. The van der Waals surface area contributed by atoms with E-state index in [0.29, 0.717) is 6.54 Å². The van der Waals surface area contributed by atoms with Gasteiger partial charge in [0, 0.05) is 0 Å². The molecular formula is C15H18N5O4+. The lowest BCUT2D eigenvalue weighted by Crippen LogP contribution is -2.72. The highest BCUT2D eigenvalue weighted by molar-refractivity contribution is 5.75. The molecule has 0 radical (unpaired) electrons. The van der Waals surface area contributed by atoms with E-state index in [1.807, 2.05) is 35.1 Å². The monoisotopic (exact) mass is 332 g/mol. The Balaban J connectivity index is 1.69. The van der Waals surface area contributed by atoms with Crippen molar-refractivity contribution in [3.63, 3.8) is 0 Å². The molecule has 0 aromatic heterocycles. The minimum Gasteiger partial charge on any atom is -0.452 e. The van der Waals surface area contributed by atoms with Crippen LogP contribution in [0, 0.1) is 0 Å². The first-order chi connectivity index (χ1) is 11.7. The second-order valence-electron chi connectivity index (χ2n) is 5.84. The van der Waals surface area contributed by atoms with Crippen LogP contribution in [-0.4, -0.2) is 72.4 Å². The van der Waals surface area contributed by atoms with Crippen LogP contribution in [0.25, 0.3) is 0 Å². The molecule has 9 heteroatoms. The number of carbonyl (C=O) groups is 2. The molecule has 2 amide bonds. The smallest absolute Gasteiger partial charge is 0.429 e. The molecule has 0 aliphatic carbocycles. The van der Waals surface area contributed by atoms with Gasteiger partial charge in [0.15, 0.2) is 12.1 Å². The third-order valence-corrected chi connectivity index (χ3v) is 4.67. The van der Waals surface area contributed by atoms with Crippen LogP contribution in [0.3, 0.4) is 0 Å². The highest BCUT2D eigenvalue weighted by Crippen LogP contribution is 2.38. The molecule has 1 aromatic carbocycles. The Bertz CT molecular complexity index is 709. The lowest BCUT2D eigenvalue weighted by Gasteiger charge is -2.45. The maximum absolute atomic E-state index is 12.2. The minimum atomic E-state index is -0.586. The quantitative estimate of drug-likeness (QED) is 0.719. The van der Waals surface area contributed by atoms with Crippen molar-refractivity contribution in [1.29, 1.82) is 0 Å². The predicted octanol–water partition coefficient (Wildman–Crippen LogP) is 1.07. The van der Waals surface area contributed by atoms with Crippen molar-refractivity contribution in [3.8, 4) is 0 Å². The van der Waals surface area contributed by atoms with Gasteiger partial charge in [0.2, 0.25) is 6.54 Å². The Kier molecular flexibility index (Phi) is 3.29. The fourth-order valence-corrected chi connectivity index (χ4v) is 3.70. The average molecular weight is 332 g/mol. The van der Waals surface area contributed by atoms with Crippen molar-refractivity contribution in [2.24, 2.45) is 5.11 Å². The Morgan fingerprint density at radius 3 is 2.50 bits per heavy atom. The van der Waals surface area contributed by atoms with Gasteiger partial charge in [0.1, 0.15) is 11.7 Å². The second-order valence-corrected chi connectivity index (χ2v) is 5.84. The molecule has 1 saturated heterocycles. The minimum absolute atomic E-state index is 0.0499. The van der Waals surface area contributed by atoms with Crippen molar-refractivity contribution >= 4 is 17.9 Å². The number of rotatable bonds is 1. The largest absolute Gasteiger partial charge is 0.452 e. The zero-order chi connectivity index (χ0) is 16.8. The van der Waals surface area contributed by atoms with E-state index in [1.165, 1.54) is 24.2 Å². The summed E-state index contributed by atoms with van der Waals surface area (Å²) < 4.78 is 9.69. The molecule has 9 nitrogen and oxygen atoms in total. The van der Waals surface area contributed by atoms with Gasteiger partial charge in [-0.15, -0.1) is 5.01 Å². The number of nitrogens with zero attached hydrogens (tertiary/aromatic N) is 5. The normalized spacial score (nSPS) is 27.2. The summed E-state index contributed by atoms with van der Waals surface area (Å²) in [6, 6.07) is 9.46. The maximum Gasteiger partial charge on any atom is 0.429 e.